The number of hydrogen-bond donors (Lipinski definition) is 0. The molecule has 1 aliphatic rings. The highest BCUT2D eigenvalue weighted by Gasteiger charge is 2.31. The van der Waals surface area contributed by atoms with Crippen molar-refractivity contribution in [3.8, 4) is 5.69 Å². The predicted molar refractivity (Wildman–Crippen MR) is 120 cm³/mol. The number of rotatable bonds is 5. The largest absolute Gasteiger partial charge is 0.465 e. The average molecular weight is 445 g/mol. The van der Waals surface area contributed by atoms with E-state index in [1.807, 2.05) is 49.6 Å². The Morgan fingerprint density at radius 3 is 2.77 bits per heavy atom. The maximum Gasteiger partial charge on any atom is 0.316 e. The number of benzene rings is 1. The number of imidazole rings is 1. The summed E-state index contributed by atoms with van der Waals surface area (Å²) >= 11 is 2.83. The van der Waals surface area contributed by atoms with E-state index < -0.39 is 0 Å². The number of fused-ring (bicyclic) bond motifs is 2. The van der Waals surface area contributed by atoms with Gasteiger partial charge in [0.15, 0.2) is 5.16 Å². The number of aryl methyl sites for hydroxylation is 1. The quantitative estimate of drug-likeness (QED) is 0.433. The van der Waals surface area contributed by atoms with Crippen molar-refractivity contribution in [3.63, 3.8) is 0 Å². The van der Waals surface area contributed by atoms with E-state index in [0.29, 0.717) is 30.3 Å². The van der Waals surface area contributed by atoms with Crippen LogP contribution >= 0.6 is 23.1 Å². The zero-order valence-corrected chi connectivity index (χ0v) is 19.1. The molecule has 2 aromatic heterocycles. The highest BCUT2D eigenvalue weighted by molar-refractivity contribution is 7.99. The standard InChI is InChI=1S/C22H24N2O4S2/c1-5-27-17(25)12-29-21-23-18-19(26)15-10-22(3,4)28-11-16(15)30-20(18)24(21)14-8-6-13(2)7-9-14/h6-9H,5,10-12H2,1-4H3. The molecule has 8 heteroatoms. The third kappa shape index (κ3) is 4.04. The van der Waals surface area contributed by atoms with Gasteiger partial charge in [0.2, 0.25) is 5.43 Å². The molecule has 4 rings (SSSR count). The molecule has 0 atom stereocenters. The molecule has 0 aliphatic carbocycles. The van der Waals surface area contributed by atoms with E-state index in [0.717, 1.165) is 26.5 Å². The number of esters is 1. The third-order valence-corrected chi connectivity index (χ3v) is 7.06. The van der Waals surface area contributed by atoms with Gasteiger partial charge in [-0.15, -0.1) is 11.3 Å². The van der Waals surface area contributed by atoms with Crippen molar-refractivity contribution in [1.29, 1.82) is 0 Å². The van der Waals surface area contributed by atoms with Gasteiger partial charge in [0.05, 0.1) is 24.6 Å². The molecule has 1 aromatic carbocycles. The lowest BCUT2D eigenvalue weighted by molar-refractivity contribution is -0.139. The van der Waals surface area contributed by atoms with Crippen LogP contribution in [0, 0.1) is 6.92 Å². The molecule has 30 heavy (non-hydrogen) atoms. The summed E-state index contributed by atoms with van der Waals surface area (Å²) in [6, 6.07) is 8.05. The highest BCUT2D eigenvalue weighted by Crippen LogP contribution is 2.35. The van der Waals surface area contributed by atoms with Gasteiger partial charge >= 0.3 is 5.97 Å². The molecule has 0 amide bonds. The van der Waals surface area contributed by atoms with Crippen LogP contribution in [-0.2, 0) is 27.3 Å². The predicted octanol–water partition coefficient (Wildman–Crippen LogP) is 4.26. The minimum atomic E-state index is -0.367. The fraction of sp³-hybridized carbons (Fsp3) is 0.409. The summed E-state index contributed by atoms with van der Waals surface area (Å²) in [5.41, 5.74) is 2.88. The molecule has 6 nitrogen and oxygen atoms in total. The van der Waals surface area contributed by atoms with Gasteiger partial charge in [0.1, 0.15) is 10.3 Å². The molecule has 0 saturated carbocycles. The molecule has 0 bridgehead atoms. The molecule has 0 N–H and O–H groups in total. The lowest BCUT2D eigenvalue weighted by Gasteiger charge is -2.30. The number of carbonyl (C=O) groups excluding carboxylic acids is 1. The minimum Gasteiger partial charge on any atom is -0.465 e. The van der Waals surface area contributed by atoms with E-state index >= 15 is 0 Å². The van der Waals surface area contributed by atoms with Gasteiger partial charge in [0, 0.05) is 22.5 Å². The summed E-state index contributed by atoms with van der Waals surface area (Å²) in [5.74, 6) is -0.164. The first-order valence-electron chi connectivity index (χ1n) is 9.86. The van der Waals surface area contributed by atoms with Crippen molar-refractivity contribution in [2.45, 2.75) is 51.5 Å². The summed E-state index contributed by atoms with van der Waals surface area (Å²) in [5, 5.41) is 0.609. The van der Waals surface area contributed by atoms with Gasteiger partial charge in [-0.25, -0.2) is 4.98 Å². The Balaban J connectivity index is 1.87. The number of hydrogen-bond acceptors (Lipinski definition) is 7. The first kappa shape index (κ1) is 21.1. The summed E-state index contributed by atoms with van der Waals surface area (Å²) in [7, 11) is 0. The van der Waals surface area contributed by atoms with Crippen LogP contribution in [0.5, 0.6) is 0 Å². The molecule has 1 aliphatic heterocycles. The normalized spacial score (nSPS) is 15.2. The molecule has 0 unspecified atom stereocenters. The second kappa shape index (κ2) is 8.17. The van der Waals surface area contributed by atoms with Gasteiger partial charge in [-0.1, -0.05) is 29.5 Å². The highest BCUT2D eigenvalue weighted by atomic mass is 32.2. The Labute approximate surface area is 183 Å². The van der Waals surface area contributed by atoms with Crippen molar-refractivity contribution in [2.75, 3.05) is 12.4 Å². The smallest absolute Gasteiger partial charge is 0.316 e. The molecule has 0 saturated heterocycles. The Morgan fingerprint density at radius 1 is 1.33 bits per heavy atom. The lowest BCUT2D eigenvalue weighted by atomic mass is 9.95. The molecule has 158 valence electrons. The van der Waals surface area contributed by atoms with E-state index in [1.54, 1.807) is 18.3 Å². The fourth-order valence-corrected chi connectivity index (χ4v) is 5.48. The zero-order valence-electron chi connectivity index (χ0n) is 17.5. The first-order valence-corrected chi connectivity index (χ1v) is 11.7. The number of nitrogens with zero attached hydrogens (tertiary/aromatic N) is 2. The van der Waals surface area contributed by atoms with Gasteiger partial charge in [-0.2, -0.15) is 0 Å². The molecular weight excluding hydrogens is 420 g/mol. The van der Waals surface area contributed by atoms with Crippen LogP contribution in [0.15, 0.2) is 34.2 Å². The Bertz CT molecular complexity index is 1160. The van der Waals surface area contributed by atoms with Gasteiger partial charge in [0.25, 0.3) is 0 Å². The van der Waals surface area contributed by atoms with Crippen LogP contribution in [0.2, 0.25) is 0 Å². The second-order valence-corrected chi connectivity index (χ2v) is 9.90. The monoisotopic (exact) mass is 444 g/mol. The van der Waals surface area contributed by atoms with Gasteiger partial charge < -0.3 is 9.47 Å². The van der Waals surface area contributed by atoms with Gasteiger partial charge in [-0.05, 0) is 39.8 Å². The van der Waals surface area contributed by atoms with Crippen LogP contribution in [0.3, 0.4) is 0 Å². The maximum absolute atomic E-state index is 13.3. The minimum absolute atomic E-state index is 0.0426. The van der Waals surface area contributed by atoms with E-state index in [4.69, 9.17) is 9.47 Å². The third-order valence-electron chi connectivity index (χ3n) is 4.96. The van der Waals surface area contributed by atoms with E-state index in [2.05, 4.69) is 4.98 Å². The van der Waals surface area contributed by atoms with Crippen molar-refractivity contribution < 1.29 is 14.3 Å². The molecule has 0 fully saturated rings. The first-order chi connectivity index (χ1) is 14.3. The maximum atomic E-state index is 13.3. The van der Waals surface area contributed by atoms with Crippen LogP contribution in [0.25, 0.3) is 16.0 Å². The number of ether oxygens (including phenoxy) is 2. The Morgan fingerprint density at radius 2 is 2.07 bits per heavy atom. The number of carbonyl (C=O) groups is 1. The Kier molecular flexibility index (Phi) is 5.74. The van der Waals surface area contributed by atoms with Crippen LogP contribution in [0.1, 0.15) is 36.8 Å². The zero-order chi connectivity index (χ0) is 21.5. The summed E-state index contributed by atoms with van der Waals surface area (Å²) < 4.78 is 13.0. The molecule has 0 spiro atoms. The lowest BCUT2D eigenvalue weighted by Crippen LogP contribution is -2.34. The molecule has 0 radical (unpaired) electrons. The van der Waals surface area contributed by atoms with Crippen LogP contribution < -0.4 is 5.43 Å². The van der Waals surface area contributed by atoms with E-state index in [1.165, 1.54) is 11.8 Å². The van der Waals surface area contributed by atoms with Crippen LogP contribution in [0.4, 0.5) is 0 Å². The second-order valence-electron chi connectivity index (χ2n) is 7.87. The number of aromatic nitrogens is 2. The molecule has 3 heterocycles. The number of thioether (sulfide) groups is 1. The van der Waals surface area contributed by atoms with Crippen molar-refractivity contribution in [1.82, 2.24) is 9.55 Å². The van der Waals surface area contributed by atoms with Crippen molar-refractivity contribution in [2.24, 2.45) is 0 Å². The topological polar surface area (TPSA) is 70.4 Å². The van der Waals surface area contributed by atoms with Crippen molar-refractivity contribution >= 4 is 39.4 Å². The summed E-state index contributed by atoms with van der Waals surface area (Å²) in [4.78, 5) is 31.6. The average Bonchev–Trinajstić information content (AvgIpc) is 3.06. The van der Waals surface area contributed by atoms with Crippen LogP contribution in [-0.4, -0.2) is 33.5 Å². The van der Waals surface area contributed by atoms with E-state index in [9.17, 15) is 9.59 Å². The fourth-order valence-electron chi connectivity index (χ4n) is 3.45. The van der Waals surface area contributed by atoms with Gasteiger partial charge in [-0.3, -0.25) is 14.2 Å². The SMILES string of the molecule is CCOC(=O)CSc1nc2c(=O)c3c(sc2n1-c1ccc(C)cc1)COC(C)(C)C3. The van der Waals surface area contributed by atoms with E-state index in [-0.39, 0.29) is 22.8 Å². The summed E-state index contributed by atoms with van der Waals surface area (Å²) in [6.07, 6.45) is 0.566. The molecule has 3 aromatic rings. The Hall–Kier alpha value is -2.16. The van der Waals surface area contributed by atoms with Crippen molar-refractivity contribution in [3.05, 3.63) is 50.5 Å². The summed E-state index contributed by atoms with van der Waals surface area (Å²) in [6.45, 7) is 8.56. The molecular formula is C22H24N2O4S2.